The molecule has 0 aliphatic heterocycles. The van der Waals surface area contributed by atoms with Crippen molar-refractivity contribution in [1.82, 2.24) is 0 Å². The van der Waals surface area contributed by atoms with E-state index in [1.54, 1.807) is 24.3 Å². The number of amides is 1. The van der Waals surface area contributed by atoms with E-state index in [-0.39, 0.29) is 28.0 Å². The summed E-state index contributed by atoms with van der Waals surface area (Å²) in [5, 5.41) is 13.4. The number of sulfone groups is 1. The van der Waals surface area contributed by atoms with Crippen LogP contribution in [0.2, 0.25) is 0 Å². The Hall–Kier alpha value is -3.49. The van der Waals surface area contributed by atoms with Crippen LogP contribution in [-0.2, 0) is 37.7 Å². The van der Waals surface area contributed by atoms with Crippen LogP contribution in [0, 0.1) is 10.1 Å². The SMILES string of the molecule is COc1ccccc1SP([O-])(=S)c1ccc(S(C)(=O)=O)cc1CC=[N+](OC)OC(=O)Nc1ccc([N+](=O)[O-])cc1. The highest BCUT2D eigenvalue weighted by atomic mass is 32.9. The van der Waals surface area contributed by atoms with Gasteiger partial charge in [-0.15, -0.1) is 4.84 Å². The van der Waals surface area contributed by atoms with E-state index in [9.17, 15) is 28.2 Å². The topological polar surface area (TPSA) is 160 Å². The number of carbonyl (C=O) groups excluding carboxylic acids is 1. The summed E-state index contributed by atoms with van der Waals surface area (Å²) in [7, 11) is -0.911. The summed E-state index contributed by atoms with van der Waals surface area (Å²) in [5.74, 6) is 0.483. The van der Waals surface area contributed by atoms with E-state index in [4.69, 9.17) is 26.2 Å². The van der Waals surface area contributed by atoms with Crippen LogP contribution in [0.3, 0.4) is 0 Å². The van der Waals surface area contributed by atoms with Gasteiger partial charge in [-0.1, -0.05) is 41.4 Å². The highest BCUT2D eigenvalue weighted by Crippen LogP contribution is 2.56. The van der Waals surface area contributed by atoms with Gasteiger partial charge in [-0.2, -0.15) is 0 Å². The Labute approximate surface area is 239 Å². The fourth-order valence-electron chi connectivity index (χ4n) is 3.31. The van der Waals surface area contributed by atoms with Crippen LogP contribution in [0.1, 0.15) is 5.56 Å². The van der Waals surface area contributed by atoms with Crippen molar-refractivity contribution in [2.75, 3.05) is 25.8 Å². The number of nitrogens with one attached hydrogen (secondary N) is 1. The van der Waals surface area contributed by atoms with Gasteiger partial charge >= 0.3 is 6.09 Å². The van der Waals surface area contributed by atoms with Crippen molar-refractivity contribution in [3.8, 4) is 5.75 Å². The van der Waals surface area contributed by atoms with Crippen molar-refractivity contribution < 1.29 is 42.3 Å². The third-order valence-corrected chi connectivity index (χ3v) is 11.3. The minimum Gasteiger partial charge on any atom is -0.810 e. The number of rotatable bonds is 11. The number of nitro benzene ring substituents is 1. The number of ether oxygens (including phenoxy) is 1. The first-order valence-corrected chi connectivity index (χ1v) is 17.2. The normalized spacial score (nSPS) is 13.2. The standard InChI is InChI=1S/C24H24N3O9PS3/c1-34-21-6-4-5-7-23(21)39-37(31,38)22-13-12-20(40(3,32)33)16-17(22)14-15-26(35-2)36-24(28)25-18-8-10-19(11-9-18)27(29)30/h4-13,15-16H,14H2,1-3H3,(H-,25,28,31,38). The zero-order valence-electron chi connectivity index (χ0n) is 21.4. The maximum atomic E-state index is 13.8. The summed E-state index contributed by atoms with van der Waals surface area (Å²) in [4.78, 5) is 47.7. The molecule has 0 saturated heterocycles. The second-order valence-electron chi connectivity index (χ2n) is 7.96. The van der Waals surface area contributed by atoms with Crippen LogP contribution in [-0.4, -0.2) is 51.0 Å². The summed E-state index contributed by atoms with van der Waals surface area (Å²) in [5.41, 5.74) is -3.20. The van der Waals surface area contributed by atoms with Crippen LogP contribution in [0.5, 0.6) is 5.75 Å². The van der Waals surface area contributed by atoms with Gasteiger partial charge in [0.1, 0.15) is 5.75 Å². The monoisotopic (exact) mass is 625 g/mol. The molecular formula is C24H24N3O9PS3. The van der Waals surface area contributed by atoms with Crippen molar-refractivity contribution in [2.24, 2.45) is 0 Å². The summed E-state index contributed by atoms with van der Waals surface area (Å²) in [6, 6.07) is 16.1. The first-order valence-electron chi connectivity index (χ1n) is 11.2. The van der Waals surface area contributed by atoms with Crippen LogP contribution in [0.25, 0.3) is 0 Å². The molecule has 40 heavy (non-hydrogen) atoms. The molecule has 12 nitrogen and oxygen atoms in total. The number of benzene rings is 3. The molecule has 0 saturated carbocycles. The van der Waals surface area contributed by atoms with E-state index in [2.05, 4.69) is 5.32 Å². The minimum atomic E-state index is -3.61. The molecule has 0 aliphatic rings. The zero-order valence-corrected chi connectivity index (χ0v) is 24.7. The first-order chi connectivity index (χ1) is 18.8. The van der Waals surface area contributed by atoms with Gasteiger partial charge in [-0.3, -0.25) is 15.4 Å². The summed E-state index contributed by atoms with van der Waals surface area (Å²) >= 11 is 6.45. The van der Waals surface area contributed by atoms with E-state index in [1.807, 2.05) is 0 Å². The summed E-state index contributed by atoms with van der Waals surface area (Å²) in [6.07, 6.45) is 1.27. The fraction of sp³-hybridized carbons (Fsp3) is 0.167. The molecule has 1 atom stereocenters. The smallest absolute Gasteiger partial charge is 0.485 e. The van der Waals surface area contributed by atoms with Crippen molar-refractivity contribution in [1.29, 1.82) is 0 Å². The number of methoxy groups -OCH3 is 1. The van der Waals surface area contributed by atoms with Crippen LogP contribution >= 0.6 is 16.8 Å². The zero-order chi connectivity index (χ0) is 29.5. The molecule has 1 amide bonds. The summed E-state index contributed by atoms with van der Waals surface area (Å²) < 4.78 is 29.8. The largest absolute Gasteiger partial charge is 0.810 e. The number of anilines is 1. The molecule has 3 aromatic carbocycles. The quantitative estimate of drug-likeness (QED) is 0.109. The van der Waals surface area contributed by atoms with E-state index in [1.165, 1.54) is 62.9 Å². The molecule has 212 valence electrons. The van der Waals surface area contributed by atoms with Crippen LogP contribution in [0.15, 0.2) is 76.5 Å². The fourth-order valence-corrected chi connectivity index (χ4v) is 8.80. The second kappa shape index (κ2) is 13.2. The molecule has 3 rings (SSSR count). The number of hydrogen-bond donors (Lipinski definition) is 1. The number of nitro groups is 1. The predicted octanol–water partition coefficient (Wildman–Crippen LogP) is 3.45. The molecular weight excluding hydrogens is 601 g/mol. The lowest BCUT2D eigenvalue weighted by Gasteiger charge is -2.30. The first kappa shape index (κ1) is 31.0. The van der Waals surface area contributed by atoms with Gasteiger partial charge in [0.2, 0.25) is 4.90 Å². The van der Waals surface area contributed by atoms with E-state index < -0.39 is 26.3 Å². The lowest BCUT2D eigenvalue weighted by molar-refractivity contribution is -0.941. The Balaban J connectivity index is 1.87. The maximum Gasteiger partial charge on any atom is 0.485 e. The predicted molar refractivity (Wildman–Crippen MR) is 153 cm³/mol. The third-order valence-electron chi connectivity index (χ3n) is 5.20. The molecule has 0 spiro atoms. The van der Waals surface area contributed by atoms with Gasteiger partial charge < -0.3 is 9.63 Å². The molecule has 3 aromatic rings. The minimum absolute atomic E-state index is 0.0160. The Morgan fingerprint density at radius 2 is 1.80 bits per heavy atom. The molecule has 16 heteroatoms. The Morgan fingerprint density at radius 1 is 1.12 bits per heavy atom. The highest BCUT2D eigenvalue weighted by molar-refractivity contribution is 8.70. The lowest BCUT2D eigenvalue weighted by Crippen LogP contribution is -2.24. The van der Waals surface area contributed by atoms with Crippen LogP contribution < -0.4 is 20.3 Å². The van der Waals surface area contributed by atoms with Gasteiger partial charge in [0, 0.05) is 24.1 Å². The number of hydrogen-bond acceptors (Lipinski definition) is 11. The third kappa shape index (κ3) is 8.26. The van der Waals surface area contributed by atoms with Crippen LogP contribution in [0.4, 0.5) is 16.2 Å². The molecule has 0 aliphatic carbocycles. The highest BCUT2D eigenvalue weighted by Gasteiger charge is 2.21. The number of non-ortho nitro benzene ring substituents is 1. The number of nitrogens with zero attached hydrogens (tertiary/aromatic N) is 2. The molecule has 1 unspecified atom stereocenters. The lowest BCUT2D eigenvalue weighted by atomic mass is 10.2. The van der Waals surface area contributed by atoms with Crippen molar-refractivity contribution >= 4 is 67.5 Å². The van der Waals surface area contributed by atoms with Gasteiger partial charge in [0.25, 0.3) is 11.9 Å². The van der Waals surface area contributed by atoms with Crippen molar-refractivity contribution in [3.63, 3.8) is 0 Å². The van der Waals surface area contributed by atoms with E-state index in [0.717, 1.165) is 22.5 Å². The van der Waals surface area contributed by atoms with Crippen molar-refractivity contribution in [2.45, 2.75) is 16.2 Å². The van der Waals surface area contributed by atoms with Gasteiger partial charge in [-0.25, -0.2) is 18.0 Å². The van der Waals surface area contributed by atoms with Gasteiger partial charge in [0.05, 0.1) is 28.2 Å². The molecule has 0 radical (unpaired) electrons. The van der Waals surface area contributed by atoms with E-state index >= 15 is 0 Å². The Kier molecular flexibility index (Phi) is 10.3. The average molecular weight is 626 g/mol. The second-order valence-corrected chi connectivity index (χ2v) is 16.4. The summed E-state index contributed by atoms with van der Waals surface area (Å²) in [6.45, 7) is 0. The number of para-hydroxylation sites is 1. The molecule has 0 aromatic heterocycles. The number of carbonyl (C=O) groups is 1. The van der Waals surface area contributed by atoms with Crippen molar-refractivity contribution in [3.05, 3.63) is 82.4 Å². The Morgan fingerprint density at radius 3 is 2.40 bits per heavy atom. The van der Waals surface area contributed by atoms with E-state index in [0.29, 0.717) is 16.2 Å². The van der Waals surface area contributed by atoms with Gasteiger partial charge in [0.15, 0.2) is 16.9 Å². The maximum absolute atomic E-state index is 13.8. The molecule has 0 bridgehead atoms. The molecule has 0 heterocycles. The molecule has 0 fully saturated rings. The average Bonchev–Trinajstić information content (AvgIpc) is 2.90. The van der Waals surface area contributed by atoms with Gasteiger partial charge in [-0.05, 0) is 52.7 Å². The Bertz CT molecular complexity index is 1600. The molecule has 1 N–H and O–H groups in total.